The van der Waals surface area contributed by atoms with E-state index in [1.165, 1.54) is 18.9 Å². The molecule has 1 fully saturated rings. The van der Waals surface area contributed by atoms with Crippen LogP contribution in [0.15, 0.2) is 29.3 Å². The highest BCUT2D eigenvalue weighted by Crippen LogP contribution is 2.19. The zero-order valence-corrected chi connectivity index (χ0v) is 15.0. The van der Waals surface area contributed by atoms with E-state index >= 15 is 0 Å². The summed E-state index contributed by atoms with van der Waals surface area (Å²) in [7, 11) is 1.69. The topological polar surface area (TPSA) is 48.9 Å². The standard InChI is InChI=1S/C18H28F2N4O/c1-14-6-5-10-24(13-14)11-9-22-18(21-2)23-12-15-7-3-4-8-16(15)25-17(19)20/h3-4,7-8,14,17H,5-6,9-13H2,1-2H3,(H2,21,22,23). The highest BCUT2D eigenvalue weighted by molar-refractivity contribution is 5.79. The summed E-state index contributed by atoms with van der Waals surface area (Å²) in [6, 6.07) is 6.76. The molecule has 0 aliphatic carbocycles. The number of halogens is 2. The molecule has 0 amide bonds. The Balaban J connectivity index is 1.77. The van der Waals surface area contributed by atoms with E-state index in [0.717, 1.165) is 32.1 Å². The molecule has 1 aromatic carbocycles. The number of likely N-dealkylation sites (tertiary alicyclic amines) is 1. The van der Waals surface area contributed by atoms with Gasteiger partial charge in [-0.15, -0.1) is 0 Å². The zero-order valence-electron chi connectivity index (χ0n) is 15.0. The Labute approximate surface area is 148 Å². The van der Waals surface area contributed by atoms with Crippen LogP contribution in [0.1, 0.15) is 25.3 Å². The molecule has 0 aromatic heterocycles. The molecule has 1 saturated heterocycles. The number of nitrogens with one attached hydrogen (secondary N) is 2. The molecule has 0 spiro atoms. The molecular formula is C18H28F2N4O. The number of ether oxygens (including phenoxy) is 1. The minimum Gasteiger partial charge on any atom is -0.434 e. The summed E-state index contributed by atoms with van der Waals surface area (Å²) in [4.78, 5) is 6.64. The van der Waals surface area contributed by atoms with Crippen LogP contribution in [-0.2, 0) is 6.54 Å². The minimum absolute atomic E-state index is 0.183. The van der Waals surface area contributed by atoms with Gasteiger partial charge in [0, 0.05) is 38.8 Å². The highest BCUT2D eigenvalue weighted by Gasteiger charge is 2.15. The van der Waals surface area contributed by atoms with Gasteiger partial charge >= 0.3 is 6.61 Å². The van der Waals surface area contributed by atoms with Gasteiger partial charge in [0.05, 0.1) is 0 Å². The molecule has 2 rings (SSSR count). The molecule has 140 valence electrons. The lowest BCUT2D eigenvalue weighted by Gasteiger charge is -2.30. The van der Waals surface area contributed by atoms with Crippen LogP contribution in [0.2, 0.25) is 0 Å². The van der Waals surface area contributed by atoms with Gasteiger partial charge in [-0.2, -0.15) is 8.78 Å². The predicted molar refractivity (Wildman–Crippen MR) is 96.1 cm³/mol. The van der Waals surface area contributed by atoms with E-state index in [1.54, 1.807) is 25.2 Å². The molecule has 0 saturated carbocycles. The molecule has 0 radical (unpaired) electrons. The predicted octanol–water partition coefficient (Wildman–Crippen LogP) is 2.68. The third kappa shape index (κ3) is 6.86. The quantitative estimate of drug-likeness (QED) is 0.584. The SMILES string of the molecule is CN=C(NCCN1CCCC(C)C1)NCc1ccccc1OC(F)F. The lowest BCUT2D eigenvalue weighted by Crippen LogP contribution is -2.43. The number of rotatable bonds is 7. The number of nitrogens with zero attached hydrogens (tertiary/aromatic N) is 2. The number of guanidine groups is 1. The summed E-state index contributed by atoms with van der Waals surface area (Å²) >= 11 is 0. The third-order valence-electron chi connectivity index (χ3n) is 4.32. The molecule has 1 aliphatic rings. The van der Waals surface area contributed by atoms with Gasteiger partial charge in [0.25, 0.3) is 0 Å². The maximum absolute atomic E-state index is 12.5. The van der Waals surface area contributed by atoms with E-state index in [-0.39, 0.29) is 5.75 Å². The van der Waals surface area contributed by atoms with Crippen molar-refractivity contribution in [1.82, 2.24) is 15.5 Å². The van der Waals surface area contributed by atoms with Crippen molar-refractivity contribution in [3.05, 3.63) is 29.8 Å². The van der Waals surface area contributed by atoms with Gasteiger partial charge in [0.2, 0.25) is 0 Å². The van der Waals surface area contributed by atoms with E-state index in [0.29, 0.717) is 18.1 Å². The maximum Gasteiger partial charge on any atom is 0.387 e. The minimum atomic E-state index is -2.83. The molecule has 7 heteroatoms. The monoisotopic (exact) mass is 354 g/mol. The van der Waals surface area contributed by atoms with Gasteiger partial charge in [0.1, 0.15) is 5.75 Å². The summed E-state index contributed by atoms with van der Waals surface area (Å²) in [5.74, 6) is 1.59. The molecule has 25 heavy (non-hydrogen) atoms. The fourth-order valence-corrected chi connectivity index (χ4v) is 3.08. The van der Waals surface area contributed by atoms with Gasteiger partial charge in [-0.25, -0.2) is 0 Å². The van der Waals surface area contributed by atoms with Crippen LogP contribution in [0.4, 0.5) is 8.78 Å². The number of para-hydroxylation sites is 1. The smallest absolute Gasteiger partial charge is 0.387 e. The fourth-order valence-electron chi connectivity index (χ4n) is 3.08. The van der Waals surface area contributed by atoms with Crippen LogP contribution >= 0.6 is 0 Å². The van der Waals surface area contributed by atoms with Crippen LogP contribution in [0, 0.1) is 5.92 Å². The highest BCUT2D eigenvalue weighted by atomic mass is 19.3. The molecule has 1 aliphatic heterocycles. The third-order valence-corrected chi connectivity index (χ3v) is 4.32. The van der Waals surface area contributed by atoms with Gasteiger partial charge < -0.3 is 20.3 Å². The van der Waals surface area contributed by atoms with Crippen LogP contribution in [0.3, 0.4) is 0 Å². The summed E-state index contributed by atoms with van der Waals surface area (Å²) in [5, 5.41) is 6.41. The van der Waals surface area contributed by atoms with Gasteiger partial charge in [-0.05, 0) is 31.4 Å². The second kappa shape index (κ2) is 10.2. The first-order valence-electron chi connectivity index (χ1n) is 8.78. The summed E-state index contributed by atoms with van der Waals surface area (Å²) < 4.78 is 29.4. The Morgan fingerprint density at radius 2 is 2.16 bits per heavy atom. The lowest BCUT2D eigenvalue weighted by atomic mass is 10.0. The van der Waals surface area contributed by atoms with Gasteiger partial charge in [-0.1, -0.05) is 25.1 Å². The largest absolute Gasteiger partial charge is 0.434 e. The average molecular weight is 354 g/mol. The zero-order chi connectivity index (χ0) is 18.1. The van der Waals surface area contributed by atoms with Gasteiger partial charge in [-0.3, -0.25) is 4.99 Å². The van der Waals surface area contributed by atoms with E-state index in [9.17, 15) is 8.78 Å². The molecule has 5 nitrogen and oxygen atoms in total. The maximum atomic E-state index is 12.5. The van der Waals surface area contributed by atoms with Crippen molar-refractivity contribution in [2.24, 2.45) is 10.9 Å². The Bertz CT molecular complexity index is 554. The van der Waals surface area contributed by atoms with Crippen molar-refractivity contribution < 1.29 is 13.5 Å². The van der Waals surface area contributed by atoms with Crippen molar-refractivity contribution in [1.29, 1.82) is 0 Å². The molecule has 1 unspecified atom stereocenters. The number of hydrogen-bond acceptors (Lipinski definition) is 3. The van der Waals surface area contributed by atoms with Crippen molar-refractivity contribution in [3.63, 3.8) is 0 Å². The Hall–Kier alpha value is -1.89. The molecule has 1 atom stereocenters. The fraction of sp³-hybridized carbons (Fsp3) is 0.611. The van der Waals surface area contributed by atoms with Crippen molar-refractivity contribution in [2.45, 2.75) is 32.9 Å². The molecular weight excluding hydrogens is 326 g/mol. The summed E-state index contributed by atoms with van der Waals surface area (Å²) in [5.41, 5.74) is 0.663. The number of aliphatic imine (C=N–C) groups is 1. The summed E-state index contributed by atoms with van der Waals surface area (Å²) in [6.45, 7) is 3.88. The second-order valence-electron chi connectivity index (χ2n) is 6.39. The van der Waals surface area contributed by atoms with Gasteiger partial charge in [0.15, 0.2) is 5.96 Å². The van der Waals surface area contributed by atoms with Crippen LogP contribution in [-0.4, -0.2) is 50.7 Å². The summed E-state index contributed by atoms with van der Waals surface area (Å²) in [6.07, 6.45) is 2.57. The normalized spacial score (nSPS) is 19.1. The van der Waals surface area contributed by atoms with Crippen molar-refractivity contribution >= 4 is 5.96 Å². The van der Waals surface area contributed by atoms with Crippen molar-refractivity contribution in [2.75, 3.05) is 33.2 Å². The average Bonchev–Trinajstić information content (AvgIpc) is 2.58. The molecule has 1 heterocycles. The lowest BCUT2D eigenvalue weighted by molar-refractivity contribution is -0.0504. The molecule has 0 bridgehead atoms. The first-order valence-corrected chi connectivity index (χ1v) is 8.78. The van der Waals surface area contributed by atoms with E-state index in [1.807, 2.05) is 0 Å². The van der Waals surface area contributed by atoms with Crippen LogP contribution < -0.4 is 15.4 Å². The second-order valence-corrected chi connectivity index (χ2v) is 6.39. The Morgan fingerprint density at radius 3 is 2.88 bits per heavy atom. The molecule has 2 N–H and O–H groups in total. The number of alkyl halides is 2. The number of hydrogen-bond donors (Lipinski definition) is 2. The van der Waals surface area contributed by atoms with E-state index in [4.69, 9.17) is 0 Å². The Morgan fingerprint density at radius 1 is 1.36 bits per heavy atom. The van der Waals surface area contributed by atoms with E-state index < -0.39 is 6.61 Å². The van der Waals surface area contributed by atoms with Crippen LogP contribution in [0.5, 0.6) is 5.75 Å². The molecule has 1 aromatic rings. The number of benzene rings is 1. The van der Waals surface area contributed by atoms with Crippen molar-refractivity contribution in [3.8, 4) is 5.75 Å². The van der Waals surface area contributed by atoms with E-state index in [2.05, 4.69) is 32.2 Å². The number of piperidine rings is 1. The first-order chi connectivity index (χ1) is 12.1. The van der Waals surface area contributed by atoms with Crippen LogP contribution in [0.25, 0.3) is 0 Å². The first kappa shape index (κ1) is 19.4. The Kier molecular flexibility index (Phi) is 7.91.